The zero-order chi connectivity index (χ0) is 29.8. The van der Waals surface area contributed by atoms with Crippen molar-refractivity contribution in [3.8, 4) is 11.5 Å². The van der Waals surface area contributed by atoms with E-state index in [4.69, 9.17) is 14.5 Å². The van der Waals surface area contributed by atoms with Crippen molar-refractivity contribution in [3.63, 3.8) is 0 Å². The number of benzene rings is 3. The number of likely N-dealkylation sites (N-methyl/N-ethyl adjacent to an activating group) is 1. The maximum Gasteiger partial charge on any atom is 0.271 e. The molecule has 9 heteroatoms. The molecule has 4 aromatic rings. The third kappa shape index (κ3) is 5.52. The lowest BCUT2D eigenvalue weighted by Gasteiger charge is -2.29. The Labute approximate surface area is 247 Å². The van der Waals surface area contributed by atoms with Crippen LogP contribution < -0.4 is 24.4 Å². The van der Waals surface area contributed by atoms with Gasteiger partial charge in [-0.05, 0) is 45.0 Å². The number of carbonyl (C=O) groups is 1. The highest BCUT2D eigenvalue weighted by Crippen LogP contribution is 2.36. The van der Waals surface area contributed by atoms with Crippen molar-refractivity contribution in [2.24, 2.45) is 4.99 Å². The molecular weight excluding hydrogens is 553 g/mol. The van der Waals surface area contributed by atoms with Gasteiger partial charge in [-0.15, -0.1) is 0 Å². The molecule has 0 radical (unpaired) electrons. The van der Waals surface area contributed by atoms with E-state index in [0.29, 0.717) is 61.9 Å². The van der Waals surface area contributed by atoms with Crippen molar-refractivity contribution in [1.29, 1.82) is 0 Å². The number of hydrogen-bond donors (Lipinski definition) is 0. The fourth-order valence-corrected chi connectivity index (χ4v) is 6.14. The predicted octanol–water partition coefficient (Wildman–Crippen LogP) is 4.83. The highest BCUT2D eigenvalue weighted by atomic mass is 32.1. The number of fused-ring (bicyclic) bond motifs is 1. The number of amides is 1. The van der Waals surface area contributed by atoms with Gasteiger partial charge in [0.05, 0.1) is 22.9 Å². The fraction of sp³-hybridized carbons (Fsp3) is 0.242. The molecule has 0 spiro atoms. The van der Waals surface area contributed by atoms with Gasteiger partial charge < -0.3 is 14.4 Å². The number of rotatable bonds is 9. The van der Waals surface area contributed by atoms with Crippen LogP contribution in [-0.2, 0) is 11.4 Å². The minimum absolute atomic E-state index is 0.0442. The molecule has 5 rings (SSSR count). The molecule has 7 nitrogen and oxygen atoms in total. The Balaban J connectivity index is 1.64. The monoisotopic (exact) mass is 585 g/mol. The van der Waals surface area contributed by atoms with Crippen LogP contribution in [-0.4, -0.2) is 35.6 Å². The molecule has 0 bridgehead atoms. The van der Waals surface area contributed by atoms with Crippen molar-refractivity contribution in [3.05, 3.63) is 126 Å². The summed E-state index contributed by atoms with van der Waals surface area (Å²) in [6.45, 7) is 6.76. The summed E-state index contributed by atoms with van der Waals surface area (Å²) < 4.78 is 27.9. The predicted molar refractivity (Wildman–Crippen MR) is 162 cm³/mol. The molecule has 0 aliphatic carbocycles. The van der Waals surface area contributed by atoms with Crippen molar-refractivity contribution in [2.45, 2.75) is 33.4 Å². The van der Waals surface area contributed by atoms with Gasteiger partial charge in [0.2, 0.25) is 0 Å². The Morgan fingerprint density at radius 1 is 1.02 bits per heavy atom. The van der Waals surface area contributed by atoms with E-state index in [9.17, 15) is 14.0 Å². The van der Waals surface area contributed by atoms with Crippen LogP contribution in [0, 0.1) is 5.82 Å². The van der Waals surface area contributed by atoms with Crippen LogP contribution in [0.5, 0.6) is 11.5 Å². The van der Waals surface area contributed by atoms with E-state index in [1.807, 2.05) is 63.2 Å². The average molecular weight is 586 g/mol. The number of nitrogens with zero attached hydrogens (tertiary/aromatic N) is 3. The first-order valence-electron chi connectivity index (χ1n) is 13.8. The van der Waals surface area contributed by atoms with E-state index in [1.54, 1.807) is 46.9 Å². The van der Waals surface area contributed by atoms with Gasteiger partial charge in [0, 0.05) is 29.8 Å². The molecule has 0 fully saturated rings. The Kier molecular flexibility index (Phi) is 8.68. The van der Waals surface area contributed by atoms with E-state index < -0.39 is 6.04 Å². The summed E-state index contributed by atoms with van der Waals surface area (Å²) in [6, 6.07) is 20.5. The summed E-state index contributed by atoms with van der Waals surface area (Å²) in [5, 5.41) is 0. The minimum Gasteiger partial charge on any atom is -0.496 e. The first-order chi connectivity index (χ1) is 20.4. The molecule has 0 saturated carbocycles. The molecule has 1 aromatic heterocycles. The van der Waals surface area contributed by atoms with Crippen LogP contribution in [0.3, 0.4) is 0 Å². The number of ether oxygens (including phenoxy) is 2. The lowest BCUT2D eigenvalue weighted by Crippen LogP contribution is -2.43. The highest BCUT2D eigenvalue weighted by Gasteiger charge is 2.35. The molecular formula is C33H32FN3O4S. The summed E-state index contributed by atoms with van der Waals surface area (Å²) >= 11 is 1.24. The number of carbonyl (C=O) groups excluding carboxylic acids is 1. The zero-order valence-corrected chi connectivity index (χ0v) is 24.8. The summed E-state index contributed by atoms with van der Waals surface area (Å²) in [4.78, 5) is 34.9. The Morgan fingerprint density at radius 2 is 1.69 bits per heavy atom. The number of hydrogen-bond acceptors (Lipinski definition) is 6. The van der Waals surface area contributed by atoms with Crippen molar-refractivity contribution >= 4 is 23.3 Å². The average Bonchev–Trinajstić information content (AvgIpc) is 3.31. The zero-order valence-electron chi connectivity index (χ0n) is 24.0. The van der Waals surface area contributed by atoms with Crippen LogP contribution in [0.4, 0.5) is 4.39 Å². The molecule has 1 atom stereocenters. The van der Waals surface area contributed by atoms with Gasteiger partial charge >= 0.3 is 0 Å². The van der Waals surface area contributed by atoms with Crippen molar-refractivity contribution in [1.82, 2.24) is 9.47 Å². The lowest BCUT2D eigenvalue weighted by molar-refractivity contribution is -0.127. The third-order valence-electron chi connectivity index (χ3n) is 7.28. The second-order valence-corrected chi connectivity index (χ2v) is 10.7. The number of aromatic nitrogens is 1. The summed E-state index contributed by atoms with van der Waals surface area (Å²) in [6.07, 6.45) is 1.75. The maximum absolute atomic E-state index is 14.2. The highest BCUT2D eigenvalue weighted by molar-refractivity contribution is 7.07. The van der Waals surface area contributed by atoms with Gasteiger partial charge in [-0.25, -0.2) is 9.38 Å². The van der Waals surface area contributed by atoms with E-state index in [-0.39, 0.29) is 23.9 Å². The molecule has 0 saturated heterocycles. The van der Waals surface area contributed by atoms with Crippen molar-refractivity contribution < 1.29 is 18.7 Å². The lowest BCUT2D eigenvalue weighted by atomic mass is 9.94. The van der Waals surface area contributed by atoms with E-state index in [2.05, 4.69) is 0 Å². The molecule has 3 aromatic carbocycles. The second-order valence-electron chi connectivity index (χ2n) is 9.72. The second kappa shape index (κ2) is 12.6. The van der Waals surface area contributed by atoms with Crippen LogP contribution >= 0.6 is 11.3 Å². The fourth-order valence-electron chi connectivity index (χ4n) is 5.11. The number of thiazole rings is 1. The Hall–Kier alpha value is -4.50. The molecule has 216 valence electrons. The van der Waals surface area contributed by atoms with Crippen LogP contribution in [0.25, 0.3) is 6.08 Å². The standard InChI is InChI=1S/C33H32FN3O4S/c1-5-36(6-2)32(39)29-21(3)35-33-37(30(29)24-15-9-12-18-27(24)40-4)31(38)28(42-33)19-22-13-8-11-17-26(22)41-20-23-14-7-10-16-25(23)34/h7-19,30H,5-6,20H2,1-4H3/b28-19+/t30-/m1/s1. The topological polar surface area (TPSA) is 73.1 Å². The molecule has 0 N–H and O–H groups in total. The molecule has 1 amide bonds. The minimum atomic E-state index is -0.722. The van der Waals surface area contributed by atoms with Crippen LogP contribution in [0.15, 0.2) is 93.9 Å². The largest absolute Gasteiger partial charge is 0.496 e. The van der Waals surface area contributed by atoms with Gasteiger partial charge in [0.1, 0.15) is 30.0 Å². The van der Waals surface area contributed by atoms with Gasteiger partial charge in [-0.2, -0.15) is 0 Å². The SMILES string of the molecule is CCN(CC)C(=O)C1=C(C)N=c2s/c(=C/c3ccccc3OCc3ccccc3F)c(=O)n2[C@@H]1c1ccccc1OC. The number of para-hydroxylation sites is 2. The van der Waals surface area contributed by atoms with Gasteiger partial charge in [0.15, 0.2) is 4.80 Å². The van der Waals surface area contributed by atoms with E-state index >= 15 is 0 Å². The Morgan fingerprint density at radius 3 is 2.40 bits per heavy atom. The molecule has 0 unspecified atom stereocenters. The van der Waals surface area contributed by atoms with Crippen LogP contribution in [0.1, 0.15) is 43.5 Å². The smallest absolute Gasteiger partial charge is 0.271 e. The van der Waals surface area contributed by atoms with Crippen molar-refractivity contribution in [2.75, 3.05) is 20.2 Å². The number of halogens is 1. The van der Waals surface area contributed by atoms with E-state index in [1.165, 1.54) is 17.4 Å². The quantitative estimate of drug-likeness (QED) is 0.282. The Bertz CT molecular complexity index is 1840. The van der Waals surface area contributed by atoms with Gasteiger partial charge in [-0.3, -0.25) is 14.2 Å². The number of methoxy groups -OCH3 is 1. The summed E-state index contributed by atoms with van der Waals surface area (Å²) in [5.41, 5.74) is 2.52. The summed E-state index contributed by atoms with van der Waals surface area (Å²) in [7, 11) is 1.57. The number of allylic oxidation sites excluding steroid dienone is 1. The third-order valence-corrected chi connectivity index (χ3v) is 8.27. The first kappa shape index (κ1) is 29.0. The molecule has 42 heavy (non-hydrogen) atoms. The van der Waals surface area contributed by atoms with E-state index in [0.717, 1.165) is 0 Å². The van der Waals surface area contributed by atoms with Crippen LogP contribution in [0.2, 0.25) is 0 Å². The normalized spacial score (nSPS) is 14.8. The summed E-state index contributed by atoms with van der Waals surface area (Å²) in [5.74, 6) is 0.577. The molecule has 1 aliphatic heterocycles. The molecule has 2 heterocycles. The molecule has 1 aliphatic rings. The van der Waals surface area contributed by atoms with Gasteiger partial charge in [-0.1, -0.05) is 65.9 Å². The van der Waals surface area contributed by atoms with Gasteiger partial charge in [0.25, 0.3) is 11.5 Å². The first-order valence-corrected chi connectivity index (χ1v) is 14.6. The maximum atomic E-state index is 14.2.